The zero-order valence-corrected chi connectivity index (χ0v) is 14.3. The number of amides is 1. The normalized spacial score (nSPS) is 21.1. The minimum atomic E-state index is -0.970. The monoisotopic (exact) mass is 359 g/mol. The van der Waals surface area contributed by atoms with Crippen LogP contribution in [0.1, 0.15) is 26.2 Å². The summed E-state index contributed by atoms with van der Waals surface area (Å²) in [7, 11) is 0. The predicted octanol–water partition coefficient (Wildman–Crippen LogP) is 3.47. The van der Waals surface area contributed by atoms with Crippen LogP contribution in [0.5, 0.6) is 5.75 Å². The average Bonchev–Trinajstić information content (AvgIpc) is 2.54. The zero-order valence-electron chi connectivity index (χ0n) is 12.8. The predicted molar refractivity (Wildman–Crippen MR) is 88.1 cm³/mol. The summed E-state index contributed by atoms with van der Waals surface area (Å²) in [4.78, 5) is 25.1. The Morgan fingerprint density at radius 3 is 2.65 bits per heavy atom. The highest BCUT2D eigenvalue weighted by atomic mass is 35.5. The summed E-state index contributed by atoms with van der Waals surface area (Å²) in [5, 5.41) is 10.0. The second-order valence-corrected chi connectivity index (χ2v) is 6.43. The van der Waals surface area contributed by atoms with Crippen LogP contribution in [0, 0.1) is 5.92 Å². The molecule has 7 heteroatoms. The van der Waals surface area contributed by atoms with Crippen molar-refractivity contribution >= 4 is 35.1 Å². The molecule has 1 heterocycles. The molecular formula is C16H19Cl2NO4. The fourth-order valence-electron chi connectivity index (χ4n) is 2.71. The van der Waals surface area contributed by atoms with Gasteiger partial charge in [-0.2, -0.15) is 0 Å². The Bertz CT molecular complexity index is 593. The van der Waals surface area contributed by atoms with Crippen molar-refractivity contribution in [2.45, 2.75) is 32.2 Å². The van der Waals surface area contributed by atoms with Gasteiger partial charge in [-0.1, -0.05) is 36.5 Å². The van der Waals surface area contributed by atoms with Crippen LogP contribution in [-0.2, 0) is 9.59 Å². The van der Waals surface area contributed by atoms with Gasteiger partial charge in [0, 0.05) is 12.6 Å². The van der Waals surface area contributed by atoms with Crippen LogP contribution in [0.3, 0.4) is 0 Å². The third-order valence-corrected chi connectivity index (χ3v) is 4.85. The first-order valence-corrected chi connectivity index (χ1v) is 8.28. The molecule has 23 heavy (non-hydrogen) atoms. The molecule has 5 nitrogen and oxygen atoms in total. The first kappa shape index (κ1) is 17.9. The third kappa shape index (κ3) is 4.52. The lowest BCUT2D eigenvalue weighted by molar-refractivity contribution is -0.154. The van der Waals surface area contributed by atoms with E-state index in [1.165, 1.54) is 11.0 Å². The molecule has 0 bridgehead atoms. The molecule has 0 radical (unpaired) electrons. The number of rotatable bonds is 5. The number of carbonyl (C=O) groups is 2. The number of aliphatic carboxylic acids is 1. The molecule has 2 unspecified atom stereocenters. The lowest BCUT2D eigenvalue weighted by atomic mass is 9.91. The summed E-state index contributed by atoms with van der Waals surface area (Å²) in [6, 6.07) is 3.94. The number of hydrogen-bond acceptors (Lipinski definition) is 3. The van der Waals surface area contributed by atoms with E-state index in [4.69, 9.17) is 27.9 Å². The van der Waals surface area contributed by atoms with Gasteiger partial charge in [0.15, 0.2) is 6.61 Å². The molecule has 0 spiro atoms. The second-order valence-electron chi connectivity index (χ2n) is 5.62. The van der Waals surface area contributed by atoms with E-state index >= 15 is 0 Å². The van der Waals surface area contributed by atoms with Crippen molar-refractivity contribution in [3.05, 3.63) is 28.2 Å². The lowest BCUT2D eigenvalue weighted by Gasteiger charge is -2.37. The summed E-state index contributed by atoms with van der Waals surface area (Å²) < 4.78 is 5.43. The van der Waals surface area contributed by atoms with Crippen LogP contribution in [0.15, 0.2) is 18.2 Å². The molecule has 1 aromatic rings. The largest absolute Gasteiger partial charge is 0.484 e. The minimum absolute atomic E-state index is 0.224. The second kappa shape index (κ2) is 7.88. The SMILES string of the molecule is CCC1CCC(C(=O)O)N(C(=O)COc2ccc(Cl)c(Cl)c2)C1. The number of carboxylic acids is 1. The Morgan fingerprint density at radius 1 is 1.30 bits per heavy atom. The maximum Gasteiger partial charge on any atom is 0.326 e. The fraction of sp³-hybridized carbons (Fsp3) is 0.500. The van der Waals surface area contributed by atoms with Crippen LogP contribution in [0.25, 0.3) is 0 Å². The van der Waals surface area contributed by atoms with Gasteiger partial charge in [-0.05, 0) is 30.9 Å². The van der Waals surface area contributed by atoms with E-state index in [1.54, 1.807) is 12.1 Å². The van der Waals surface area contributed by atoms with Crippen molar-refractivity contribution < 1.29 is 19.4 Å². The molecular weight excluding hydrogens is 341 g/mol. The van der Waals surface area contributed by atoms with Crippen LogP contribution < -0.4 is 4.74 Å². The number of piperidine rings is 1. The Labute approximate surface area is 145 Å². The molecule has 1 saturated heterocycles. The van der Waals surface area contributed by atoms with Gasteiger partial charge >= 0.3 is 5.97 Å². The van der Waals surface area contributed by atoms with Crippen LogP contribution in [0.2, 0.25) is 10.0 Å². The van der Waals surface area contributed by atoms with Gasteiger partial charge in [-0.25, -0.2) is 4.79 Å². The average molecular weight is 360 g/mol. The van der Waals surface area contributed by atoms with Gasteiger partial charge in [0.2, 0.25) is 0 Å². The molecule has 2 atom stereocenters. The van der Waals surface area contributed by atoms with Crippen molar-refractivity contribution in [3.8, 4) is 5.75 Å². The van der Waals surface area contributed by atoms with Gasteiger partial charge in [0.1, 0.15) is 11.8 Å². The summed E-state index contributed by atoms with van der Waals surface area (Å²) in [6.07, 6.45) is 2.22. The number of benzene rings is 1. The summed E-state index contributed by atoms with van der Waals surface area (Å²) in [5.74, 6) is -0.549. The number of hydrogen-bond donors (Lipinski definition) is 1. The Balaban J connectivity index is 2.01. The molecule has 126 valence electrons. The van der Waals surface area contributed by atoms with Gasteiger partial charge in [-0.15, -0.1) is 0 Å². The fourth-order valence-corrected chi connectivity index (χ4v) is 2.99. The van der Waals surface area contributed by atoms with Gasteiger partial charge in [0.25, 0.3) is 5.91 Å². The van der Waals surface area contributed by atoms with E-state index in [-0.39, 0.29) is 12.5 Å². The van der Waals surface area contributed by atoms with E-state index in [1.807, 2.05) is 6.92 Å². The van der Waals surface area contributed by atoms with Crippen molar-refractivity contribution in [2.24, 2.45) is 5.92 Å². The molecule has 0 saturated carbocycles. The van der Waals surface area contributed by atoms with Crippen molar-refractivity contribution in [1.82, 2.24) is 4.90 Å². The number of likely N-dealkylation sites (tertiary alicyclic amines) is 1. The van der Waals surface area contributed by atoms with Crippen LogP contribution in [-0.4, -0.2) is 41.1 Å². The van der Waals surface area contributed by atoms with Crippen molar-refractivity contribution in [3.63, 3.8) is 0 Å². The topological polar surface area (TPSA) is 66.8 Å². The standard InChI is InChI=1S/C16H19Cl2NO4/c1-2-10-3-6-14(16(21)22)19(8-10)15(20)9-23-11-4-5-12(17)13(18)7-11/h4-5,7,10,14H,2-3,6,8-9H2,1H3,(H,21,22). The first-order chi connectivity index (χ1) is 10.9. The Kier molecular flexibility index (Phi) is 6.13. The minimum Gasteiger partial charge on any atom is -0.484 e. The first-order valence-electron chi connectivity index (χ1n) is 7.52. The Morgan fingerprint density at radius 2 is 2.04 bits per heavy atom. The number of carbonyl (C=O) groups excluding carboxylic acids is 1. The summed E-state index contributed by atoms with van der Waals surface area (Å²) in [6.45, 7) is 2.27. The molecule has 1 N–H and O–H groups in total. The molecule has 1 amide bonds. The van der Waals surface area contributed by atoms with E-state index in [9.17, 15) is 14.7 Å². The maximum absolute atomic E-state index is 12.4. The summed E-state index contributed by atoms with van der Waals surface area (Å²) >= 11 is 11.7. The number of carboxylic acid groups (broad SMARTS) is 1. The smallest absolute Gasteiger partial charge is 0.326 e. The van der Waals surface area contributed by atoms with E-state index in [0.717, 1.165) is 12.8 Å². The quantitative estimate of drug-likeness (QED) is 0.873. The highest BCUT2D eigenvalue weighted by Gasteiger charge is 2.35. The van der Waals surface area contributed by atoms with Crippen molar-refractivity contribution in [2.75, 3.05) is 13.2 Å². The number of halogens is 2. The van der Waals surface area contributed by atoms with Crippen molar-refractivity contribution in [1.29, 1.82) is 0 Å². The van der Waals surface area contributed by atoms with E-state index in [0.29, 0.717) is 34.7 Å². The zero-order chi connectivity index (χ0) is 17.0. The lowest BCUT2D eigenvalue weighted by Crippen LogP contribution is -2.52. The highest BCUT2D eigenvalue weighted by molar-refractivity contribution is 6.42. The molecule has 1 aliphatic rings. The molecule has 0 aliphatic carbocycles. The van der Waals surface area contributed by atoms with E-state index in [2.05, 4.69) is 0 Å². The van der Waals surface area contributed by atoms with E-state index < -0.39 is 12.0 Å². The number of nitrogens with zero attached hydrogens (tertiary/aromatic N) is 1. The van der Waals surface area contributed by atoms with Gasteiger partial charge in [-0.3, -0.25) is 4.79 Å². The summed E-state index contributed by atoms with van der Waals surface area (Å²) in [5.41, 5.74) is 0. The maximum atomic E-state index is 12.4. The van der Waals surface area contributed by atoms with Gasteiger partial charge in [0.05, 0.1) is 10.0 Å². The van der Waals surface area contributed by atoms with Gasteiger partial charge < -0.3 is 14.7 Å². The van der Waals surface area contributed by atoms with Crippen LogP contribution in [0.4, 0.5) is 0 Å². The molecule has 2 rings (SSSR count). The van der Waals surface area contributed by atoms with Crippen LogP contribution >= 0.6 is 23.2 Å². The molecule has 1 aromatic carbocycles. The Hall–Kier alpha value is -1.46. The molecule has 1 aliphatic heterocycles. The molecule has 0 aromatic heterocycles. The highest BCUT2D eigenvalue weighted by Crippen LogP contribution is 2.27. The molecule has 1 fully saturated rings. The number of ether oxygens (including phenoxy) is 1. The third-order valence-electron chi connectivity index (χ3n) is 4.12.